The zero-order valence-corrected chi connectivity index (χ0v) is 14.9. The zero-order valence-electron chi connectivity index (χ0n) is 14.9. The van der Waals surface area contributed by atoms with Crippen molar-refractivity contribution in [2.45, 2.75) is 26.4 Å². The largest absolute Gasteiger partial charge is 0.306 e. The fourth-order valence-corrected chi connectivity index (χ4v) is 3.24. The minimum absolute atomic E-state index is 0.173. The molecule has 1 atom stereocenters. The van der Waals surface area contributed by atoms with Gasteiger partial charge in [-0.15, -0.1) is 0 Å². The molecule has 4 rings (SSSR count). The molecule has 0 saturated heterocycles. The van der Waals surface area contributed by atoms with Crippen molar-refractivity contribution in [2.24, 2.45) is 0 Å². The summed E-state index contributed by atoms with van der Waals surface area (Å²) in [6.45, 7) is 4.99. The molecule has 0 aliphatic carbocycles. The number of benzene rings is 1. The van der Waals surface area contributed by atoms with Crippen LogP contribution in [0.2, 0.25) is 0 Å². The van der Waals surface area contributed by atoms with Gasteiger partial charge in [0.05, 0.1) is 11.7 Å². The molecule has 0 aliphatic heterocycles. The molecule has 5 nitrogen and oxygen atoms in total. The van der Waals surface area contributed by atoms with Crippen LogP contribution in [0.1, 0.15) is 29.8 Å². The third-order valence-electron chi connectivity index (χ3n) is 4.70. The highest BCUT2D eigenvalue weighted by atomic mass is 15.3. The molecular formula is C21H21N5. The minimum atomic E-state index is 0.173. The normalized spacial score (nSPS) is 12.4. The Balaban J connectivity index is 1.54. The van der Waals surface area contributed by atoms with Crippen molar-refractivity contribution in [3.05, 3.63) is 83.9 Å². The number of hydrogen-bond donors (Lipinski definition) is 1. The van der Waals surface area contributed by atoms with Gasteiger partial charge in [-0.05, 0) is 37.6 Å². The maximum Gasteiger partial charge on any atom is 0.153 e. The van der Waals surface area contributed by atoms with Crippen molar-refractivity contribution in [1.29, 1.82) is 0 Å². The lowest BCUT2D eigenvalue weighted by Gasteiger charge is -2.15. The molecule has 1 N–H and O–H groups in total. The van der Waals surface area contributed by atoms with E-state index in [0.29, 0.717) is 0 Å². The van der Waals surface area contributed by atoms with Crippen molar-refractivity contribution in [3.63, 3.8) is 0 Å². The van der Waals surface area contributed by atoms with E-state index >= 15 is 0 Å². The summed E-state index contributed by atoms with van der Waals surface area (Å²) in [5, 5.41) is 9.28. The summed E-state index contributed by atoms with van der Waals surface area (Å²) < 4.78 is 1.88. The van der Waals surface area contributed by atoms with Crippen LogP contribution in [-0.2, 0) is 6.54 Å². The molecule has 0 spiro atoms. The van der Waals surface area contributed by atoms with Crippen molar-refractivity contribution < 1.29 is 0 Å². The van der Waals surface area contributed by atoms with Gasteiger partial charge < -0.3 is 5.32 Å². The molecule has 0 fully saturated rings. The Hall–Kier alpha value is -3.05. The molecule has 0 amide bonds. The molecule has 0 bridgehead atoms. The number of nitrogens with zero attached hydrogens (tertiary/aromatic N) is 4. The number of nitrogens with one attached hydrogen (secondary N) is 1. The number of hydrogen-bond acceptors (Lipinski definition) is 4. The van der Waals surface area contributed by atoms with Gasteiger partial charge in [0.1, 0.15) is 0 Å². The molecule has 0 unspecified atom stereocenters. The number of fused-ring (bicyclic) bond motifs is 1. The Morgan fingerprint density at radius 2 is 1.85 bits per heavy atom. The molecule has 5 heteroatoms. The first-order valence-electron chi connectivity index (χ1n) is 8.76. The summed E-state index contributed by atoms with van der Waals surface area (Å²) >= 11 is 0. The van der Waals surface area contributed by atoms with Crippen LogP contribution in [0.4, 0.5) is 0 Å². The average molecular weight is 343 g/mol. The standard InChI is InChI=1S/C21H21N5/c1-15(19-14-25-26(16(19)2)20-10-3-4-11-22-20)24-13-18-8-5-7-17-9-6-12-23-21(17)18/h3-12,14-15,24H,13H2,1-2H3/t15-/m0/s1. The van der Waals surface area contributed by atoms with Crippen molar-refractivity contribution in [1.82, 2.24) is 25.1 Å². The summed E-state index contributed by atoms with van der Waals surface area (Å²) in [6, 6.07) is 16.4. The molecule has 3 heterocycles. The van der Waals surface area contributed by atoms with Crippen LogP contribution >= 0.6 is 0 Å². The van der Waals surface area contributed by atoms with Gasteiger partial charge in [-0.1, -0.05) is 30.3 Å². The quantitative estimate of drug-likeness (QED) is 0.596. The molecule has 0 aliphatic rings. The minimum Gasteiger partial charge on any atom is -0.306 e. The van der Waals surface area contributed by atoms with E-state index < -0.39 is 0 Å². The van der Waals surface area contributed by atoms with E-state index in [9.17, 15) is 0 Å². The maximum atomic E-state index is 4.53. The third kappa shape index (κ3) is 3.09. The maximum absolute atomic E-state index is 4.53. The van der Waals surface area contributed by atoms with Gasteiger partial charge in [0, 0.05) is 41.6 Å². The molecular weight excluding hydrogens is 322 g/mol. The van der Waals surface area contributed by atoms with E-state index in [1.807, 2.05) is 41.3 Å². The second kappa shape index (κ2) is 7.06. The SMILES string of the molecule is Cc1c([C@H](C)NCc2cccc3cccnc23)cnn1-c1ccccn1. The van der Waals surface area contributed by atoms with Crippen LogP contribution < -0.4 is 5.32 Å². The van der Waals surface area contributed by atoms with Crippen molar-refractivity contribution in [2.75, 3.05) is 0 Å². The average Bonchev–Trinajstić information content (AvgIpc) is 3.08. The Kier molecular flexibility index (Phi) is 4.46. The van der Waals surface area contributed by atoms with Crippen LogP contribution in [0.3, 0.4) is 0 Å². The number of para-hydroxylation sites is 1. The summed E-state index contributed by atoms with van der Waals surface area (Å²) in [5.74, 6) is 0.835. The monoisotopic (exact) mass is 343 g/mol. The van der Waals surface area contributed by atoms with Gasteiger partial charge in [-0.2, -0.15) is 5.10 Å². The van der Waals surface area contributed by atoms with E-state index in [-0.39, 0.29) is 6.04 Å². The van der Waals surface area contributed by atoms with E-state index in [0.717, 1.165) is 23.6 Å². The molecule has 0 saturated carbocycles. The van der Waals surface area contributed by atoms with Crippen LogP contribution in [0.25, 0.3) is 16.7 Å². The lowest BCUT2D eigenvalue weighted by atomic mass is 10.1. The second-order valence-corrected chi connectivity index (χ2v) is 6.38. The van der Waals surface area contributed by atoms with Crippen molar-refractivity contribution in [3.8, 4) is 5.82 Å². The van der Waals surface area contributed by atoms with E-state index in [4.69, 9.17) is 0 Å². The van der Waals surface area contributed by atoms with E-state index in [1.165, 1.54) is 16.5 Å². The topological polar surface area (TPSA) is 55.6 Å². The van der Waals surface area contributed by atoms with E-state index in [2.05, 4.69) is 58.5 Å². The van der Waals surface area contributed by atoms with Gasteiger partial charge in [0.25, 0.3) is 0 Å². The number of aromatic nitrogens is 4. The molecule has 130 valence electrons. The highest BCUT2D eigenvalue weighted by Gasteiger charge is 2.15. The smallest absolute Gasteiger partial charge is 0.153 e. The van der Waals surface area contributed by atoms with Gasteiger partial charge in [-0.3, -0.25) is 4.98 Å². The Labute approximate surface area is 152 Å². The van der Waals surface area contributed by atoms with Crippen LogP contribution in [0.15, 0.2) is 67.1 Å². The fraction of sp³-hybridized carbons (Fsp3) is 0.190. The zero-order chi connectivity index (χ0) is 17.9. The first-order valence-corrected chi connectivity index (χ1v) is 8.76. The molecule has 1 aromatic carbocycles. The number of pyridine rings is 2. The highest BCUT2D eigenvalue weighted by Crippen LogP contribution is 2.21. The van der Waals surface area contributed by atoms with Crippen LogP contribution in [-0.4, -0.2) is 19.7 Å². The van der Waals surface area contributed by atoms with Gasteiger partial charge in [0.15, 0.2) is 5.82 Å². The molecule has 26 heavy (non-hydrogen) atoms. The molecule has 3 aromatic heterocycles. The molecule has 4 aromatic rings. The predicted octanol–water partition coefficient (Wildman–Crippen LogP) is 3.97. The van der Waals surface area contributed by atoms with E-state index in [1.54, 1.807) is 6.20 Å². The lowest BCUT2D eigenvalue weighted by molar-refractivity contribution is 0.573. The van der Waals surface area contributed by atoms with Gasteiger partial charge in [-0.25, -0.2) is 9.67 Å². The summed E-state index contributed by atoms with van der Waals surface area (Å²) in [7, 11) is 0. The predicted molar refractivity (Wildman–Crippen MR) is 103 cm³/mol. The van der Waals surface area contributed by atoms with Gasteiger partial charge in [0.2, 0.25) is 0 Å². The van der Waals surface area contributed by atoms with Gasteiger partial charge >= 0.3 is 0 Å². The Bertz CT molecular complexity index is 1020. The first kappa shape index (κ1) is 16.4. The van der Waals surface area contributed by atoms with Crippen LogP contribution in [0, 0.1) is 6.92 Å². The lowest BCUT2D eigenvalue weighted by Crippen LogP contribution is -2.19. The fourth-order valence-electron chi connectivity index (χ4n) is 3.24. The first-order chi connectivity index (χ1) is 12.7. The highest BCUT2D eigenvalue weighted by molar-refractivity contribution is 5.81. The second-order valence-electron chi connectivity index (χ2n) is 6.38. The summed E-state index contributed by atoms with van der Waals surface area (Å²) in [6.07, 6.45) is 5.55. The summed E-state index contributed by atoms with van der Waals surface area (Å²) in [5.41, 5.74) is 4.52. The third-order valence-corrected chi connectivity index (χ3v) is 4.70. The van der Waals surface area contributed by atoms with Crippen molar-refractivity contribution >= 4 is 10.9 Å². The molecule has 0 radical (unpaired) electrons. The number of rotatable bonds is 5. The summed E-state index contributed by atoms with van der Waals surface area (Å²) in [4.78, 5) is 8.91. The Morgan fingerprint density at radius 3 is 2.69 bits per heavy atom. The van der Waals surface area contributed by atoms with Crippen LogP contribution in [0.5, 0.6) is 0 Å². The Morgan fingerprint density at radius 1 is 1.00 bits per heavy atom.